The number of nitrogens with zero attached hydrogens (tertiary/aromatic N) is 2. The van der Waals surface area contributed by atoms with Crippen LogP contribution in [0.2, 0.25) is 5.02 Å². The Balaban J connectivity index is 1.97. The van der Waals surface area contributed by atoms with Gasteiger partial charge < -0.3 is 14.6 Å². The highest BCUT2D eigenvalue weighted by Crippen LogP contribution is 2.26. The van der Waals surface area contributed by atoms with Gasteiger partial charge in [0.1, 0.15) is 0 Å². The zero-order valence-electron chi connectivity index (χ0n) is 14.2. The molecule has 130 valence electrons. The van der Waals surface area contributed by atoms with Crippen LogP contribution < -0.4 is 15.6 Å². The van der Waals surface area contributed by atoms with E-state index in [4.69, 9.17) is 16.3 Å². The smallest absolute Gasteiger partial charge is 0.316 e. The number of methoxy groups -OCH3 is 1. The van der Waals surface area contributed by atoms with Gasteiger partial charge in [0, 0.05) is 17.3 Å². The van der Waals surface area contributed by atoms with Crippen LogP contribution >= 0.6 is 11.6 Å². The van der Waals surface area contributed by atoms with Crippen molar-refractivity contribution in [2.45, 2.75) is 19.9 Å². The van der Waals surface area contributed by atoms with Crippen LogP contribution in [0.15, 0.2) is 53.5 Å². The van der Waals surface area contributed by atoms with E-state index in [1.54, 1.807) is 6.20 Å². The first-order valence-corrected chi connectivity index (χ1v) is 8.47. The maximum atomic E-state index is 12.1. The molecule has 1 aromatic heterocycles. The van der Waals surface area contributed by atoms with Crippen LogP contribution in [0.3, 0.4) is 0 Å². The Hall–Kier alpha value is -2.53. The SMILES string of the molecule is COc1cn(CC2C=CC=CC2)c(Nc2cccc(Cl)c2C)nc1=O. The number of rotatable bonds is 5. The zero-order chi connectivity index (χ0) is 17.8. The molecule has 1 N–H and O–H groups in total. The average Bonchev–Trinajstić information content (AvgIpc) is 2.62. The molecule has 5 nitrogen and oxygen atoms in total. The van der Waals surface area contributed by atoms with Crippen molar-refractivity contribution in [2.24, 2.45) is 5.92 Å². The van der Waals surface area contributed by atoms with Gasteiger partial charge in [-0.3, -0.25) is 4.79 Å². The molecular formula is C19H20ClN3O2. The molecule has 3 rings (SSSR count). The lowest BCUT2D eigenvalue weighted by Crippen LogP contribution is -2.21. The Morgan fingerprint density at radius 1 is 1.40 bits per heavy atom. The monoisotopic (exact) mass is 357 g/mol. The Bertz CT molecular complexity index is 887. The number of ether oxygens (including phenoxy) is 1. The minimum atomic E-state index is -0.403. The number of hydrogen-bond acceptors (Lipinski definition) is 4. The Morgan fingerprint density at radius 3 is 2.96 bits per heavy atom. The van der Waals surface area contributed by atoms with Crippen LogP contribution in [0.25, 0.3) is 0 Å². The minimum absolute atomic E-state index is 0.226. The van der Waals surface area contributed by atoms with Crippen molar-refractivity contribution in [3.63, 3.8) is 0 Å². The summed E-state index contributed by atoms with van der Waals surface area (Å²) in [6.07, 6.45) is 11.0. The number of aromatic nitrogens is 2. The molecule has 0 radical (unpaired) electrons. The second-order valence-electron chi connectivity index (χ2n) is 5.94. The van der Waals surface area contributed by atoms with Crippen molar-refractivity contribution in [1.82, 2.24) is 9.55 Å². The van der Waals surface area contributed by atoms with E-state index in [0.717, 1.165) is 17.7 Å². The van der Waals surface area contributed by atoms with Crippen molar-refractivity contribution in [3.8, 4) is 5.75 Å². The lowest BCUT2D eigenvalue weighted by atomic mass is 10.0. The van der Waals surface area contributed by atoms with E-state index in [-0.39, 0.29) is 5.75 Å². The predicted molar refractivity (Wildman–Crippen MR) is 101 cm³/mol. The lowest BCUT2D eigenvalue weighted by Gasteiger charge is -2.20. The van der Waals surface area contributed by atoms with Crippen LogP contribution in [-0.2, 0) is 6.54 Å². The lowest BCUT2D eigenvalue weighted by molar-refractivity contribution is 0.398. The maximum Gasteiger partial charge on any atom is 0.316 e. The summed E-state index contributed by atoms with van der Waals surface area (Å²) in [4.78, 5) is 16.3. The highest BCUT2D eigenvalue weighted by molar-refractivity contribution is 6.31. The van der Waals surface area contributed by atoms with Crippen molar-refractivity contribution >= 4 is 23.2 Å². The first-order valence-electron chi connectivity index (χ1n) is 8.09. The van der Waals surface area contributed by atoms with Gasteiger partial charge in [0.15, 0.2) is 0 Å². The van der Waals surface area contributed by atoms with Crippen LogP contribution in [0, 0.1) is 12.8 Å². The van der Waals surface area contributed by atoms with E-state index in [1.165, 1.54) is 7.11 Å². The molecule has 1 heterocycles. The molecule has 0 saturated carbocycles. The fourth-order valence-corrected chi connectivity index (χ4v) is 2.91. The highest BCUT2D eigenvalue weighted by Gasteiger charge is 2.14. The van der Waals surface area contributed by atoms with Gasteiger partial charge in [-0.05, 0) is 37.0 Å². The first kappa shape index (κ1) is 17.3. The summed E-state index contributed by atoms with van der Waals surface area (Å²) >= 11 is 6.19. The van der Waals surface area contributed by atoms with E-state index < -0.39 is 5.56 Å². The summed E-state index contributed by atoms with van der Waals surface area (Å²) in [7, 11) is 1.47. The number of hydrogen-bond donors (Lipinski definition) is 1. The molecule has 6 heteroatoms. The molecular weight excluding hydrogens is 338 g/mol. The molecule has 1 aliphatic carbocycles. The van der Waals surface area contributed by atoms with Crippen molar-refractivity contribution in [3.05, 3.63) is 69.6 Å². The molecule has 2 aromatic rings. The summed E-state index contributed by atoms with van der Waals surface area (Å²) in [5.74, 6) is 1.03. The number of benzene rings is 1. The zero-order valence-corrected chi connectivity index (χ0v) is 15.0. The van der Waals surface area contributed by atoms with Gasteiger partial charge >= 0.3 is 5.56 Å². The molecule has 1 unspecified atom stereocenters. The summed E-state index contributed by atoms with van der Waals surface area (Å²) in [6.45, 7) is 2.61. The van der Waals surface area contributed by atoms with Gasteiger partial charge in [-0.15, -0.1) is 0 Å². The van der Waals surface area contributed by atoms with Crippen LogP contribution in [-0.4, -0.2) is 16.7 Å². The number of nitrogens with one attached hydrogen (secondary N) is 1. The third-order valence-electron chi connectivity index (χ3n) is 4.20. The minimum Gasteiger partial charge on any atom is -0.490 e. The first-order chi connectivity index (χ1) is 12.1. The quantitative estimate of drug-likeness (QED) is 0.875. The van der Waals surface area contributed by atoms with E-state index >= 15 is 0 Å². The molecule has 0 fully saturated rings. The van der Waals surface area contributed by atoms with Crippen molar-refractivity contribution in [1.29, 1.82) is 0 Å². The van der Waals surface area contributed by atoms with E-state index in [9.17, 15) is 4.79 Å². The van der Waals surface area contributed by atoms with E-state index in [0.29, 0.717) is 23.4 Å². The Labute approximate surface area is 151 Å². The van der Waals surface area contributed by atoms with Gasteiger partial charge in [-0.25, -0.2) is 0 Å². The molecule has 1 atom stereocenters. The highest BCUT2D eigenvalue weighted by atomic mass is 35.5. The molecule has 0 spiro atoms. The summed E-state index contributed by atoms with van der Waals surface area (Å²) in [5, 5.41) is 3.89. The topological polar surface area (TPSA) is 56.1 Å². The Morgan fingerprint density at radius 2 is 2.24 bits per heavy atom. The second-order valence-corrected chi connectivity index (χ2v) is 6.34. The van der Waals surface area contributed by atoms with Crippen LogP contribution in [0.4, 0.5) is 11.6 Å². The average molecular weight is 358 g/mol. The fraction of sp³-hybridized carbons (Fsp3) is 0.263. The van der Waals surface area contributed by atoms with Gasteiger partial charge in [0.2, 0.25) is 11.7 Å². The largest absolute Gasteiger partial charge is 0.490 e. The van der Waals surface area contributed by atoms with Crippen LogP contribution in [0.1, 0.15) is 12.0 Å². The van der Waals surface area contributed by atoms with Gasteiger partial charge in [-0.2, -0.15) is 4.98 Å². The number of halogens is 1. The van der Waals surface area contributed by atoms with Gasteiger partial charge in [0.25, 0.3) is 0 Å². The van der Waals surface area contributed by atoms with Crippen molar-refractivity contribution < 1.29 is 4.74 Å². The summed E-state index contributed by atoms with van der Waals surface area (Å²) < 4.78 is 7.06. The van der Waals surface area contributed by atoms with Crippen molar-refractivity contribution in [2.75, 3.05) is 12.4 Å². The standard InChI is InChI=1S/C19H20ClN3O2/c1-13-15(20)9-6-10-16(13)21-19-22-18(24)17(25-2)12-23(19)11-14-7-4-3-5-8-14/h3-7,9-10,12,14H,8,11H2,1-2H3,(H,21,22,24). The second kappa shape index (κ2) is 7.57. The number of anilines is 2. The molecule has 0 aliphatic heterocycles. The molecule has 0 amide bonds. The third kappa shape index (κ3) is 3.94. The van der Waals surface area contributed by atoms with E-state index in [1.807, 2.05) is 41.8 Å². The predicted octanol–water partition coefficient (Wildman–Crippen LogP) is 4.09. The molecule has 1 aromatic carbocycles. The summed E-state index contributed by atoms with van der Waals surface area (Å²) in [6, 6.07) is 5.60. The molecule has 1 aliphatic rings. The molecule has 0 saturated heterocycles. The van der Waals surface area contributed by atoms with E-state index in [2.05, 4.69) is 22.5 Å². The normalized spacial score (nSPS) is 16.0. The summed E-state index contributed by atoms with van der Waals surface area (Å²) in [5.41, 5.74) is 1.32. The number of allylic oxidation sites excluding steroid dienone is 4. The maximum absolute atomic E-state index is 12.1. The van der Waals surface area contributed by atoms with Gasteiger partial charge in [0.05, 0.1) is 13.3 Å². The molecule has 25 heavy (non-hydrogen) atoms. The Kier molecular flexibility index (Phi) is 5.24. The fourth-order valence-electron chi connectivity index (χ4n) is 2.74. The molecule has 0 bridgehead atoms. The third-order valence-corrected chi connectivity index (χ3v) is 4.61. The van der Waals surface area contributed by atoms with Crippen LogP contribution in [0.5, 0.6) is 5.75 Å². The van der Waals surface area contributed by atoms with Gasteiger partial charge in [-0.1, -0.05) is 42.0 Å².